The summed E-state index contributed by atoms with van der Waals surface area (Å²) in [6.45, 7) is 4.60. The van der Waals surface area contributed by atoms with Gasteiger partial charge in [-0.05, 0) is 43.2 Å². The molecule has 0 aliphatic carbocycles. The van der Waals surface area contributed by atoms with Gasteiger partial charge in [-0.25, -0.2) is 4.79 Å². The van der Waals surface area contributed by atoms with E-state index in [4.69, 9.17) is 14.2 Å². The van der Waals surface area contributed by atoms with E-state index in [1.807, 2.05) is 31.2 Å². The zero-order chi connectivity index (χ0) is 15.9. The highest BCUT2D eigenvalue weighted by atomic mass is 16.5. The lowest BCUT2D eigenvalue weighted by molar-refractivity contribution is 0.0526. The standard InChI is InChI=1S/C18H20O4/c1-4-21-18(19)14-9-10-16(17(11-14)20-3)22-12-15-8-6-5-7-13(15)2/h5-11H,4,12H2,1-3H3. The molecule has 0 aromatic heterocycles. The Labute approximate surface area is 130 Å². The maximum atomic E-state index is 11.7. The molecular formula is C18H20O4. The van der Waals surface area contributed by atoms with Crippen LogP contribution in [0.4, 0.5) is 0 Å². The van der Waals surface area contributed by atoms with Gasteiger partial charge in [0.2, 0.25) is 0 Å². The van der Waals surface area contributed by atoms with Crippen LogP contribution >= 0.6 is 0 Å². The maximum Gasteiger partial charge on any atom is 0.338 e. The predicted octanol–water partition coefficient (Wildman–Crippen LogP) is 3.76. The first-order valence-electron chi connectivity index (χ1n) is 7.18. The molecule has 0 aliphatic rings. The van der Waals surface area contributed by atoms with Gasteiger partial charge in [0.15, 0.2) is 11.5 Å². The lowest BCUT2D eigenvalue weighted by Crippen LogP contribution is -2.05. The molecule has 116 valence electrons. The Morgan fingerprint density at radius 3 is 2.55 bits per heavy atom. The second kappa shape index (κ2) is 7.50. The van der Waals surface area contributed by atoms with Gasteiger partial charge in [-0.15, -0.1) is 0 Å². The smallest absolute Gasteiger partial charge is 0.338 e. The highest BCUT2D eigenvalue weighted by molar-refractivity contribution is 5.90. The van der Waals surface area contributed by atoms with E-state index in [2.05, 4.69) is 0 Å². The molecule has 0 bridgehead atoms. The van der Waals surface area contributed by atoms with Crippen molar-refractivity contribution >= 4 is 5.97 Å². The van der Waals surface area contributed by atoms with Gasteiger partial charge in [0.1, 0.15) is 6.61 Å². The summed E-state index contributed by atoms with van der Waals surface area (Å²) in [6.07, 6.45) is 0. The molecule has 2 aromatic rings. The third-order valence-electron chi connectivity index (χ3n) is 3.32. The van der Waals surface area contributed by atoms with E-state index in [9.17, 15) is 4.79 Å². The molecule has 2 aromatic carbocycles. The van der Waals surface area contributed by atoms with E-state index in [1.165, 1.54) is 5.56 Å². The summed E-state index contributed by atoms with van der Waals surface area (Å²) < 4.78 is 16.1. The van der Waals surface area contributed by atoms with Gasteiger partial charge in [0, 0.05) is 0 Å². The Morgan fingerprint density at radius 1 is 1.09 bits per heavy atom. The molecule has 0 fully saturated rings. The van der Waals surface area contributed by atoms with Gasteiger partial charge in [-0.3, -0.25) is 0 Å². The van der Waals surface area contributed by atoms with Crippen LogP contribution in [-0.4, -0.2) is 19.7 Å². The minimum Gasteiger partial charge on any atom is -0.493 e. The highest BCUT2D eigenvalue weighted by Crippen LogP contribution is 2.29. The Bertz CT molecular complexity index is 649. The van der Waals surface area contributed by atoms with Gasteiger partial charge in [0.05, 0.1) is 19.3 Å². The molecule has 0 radical (unpaired) electrons. The van der Waals surface area contributed by atoms with Crippen molar-refractivity contribution in [2.45, 2.75) is 20.5 Å². The monoisotopic (exact) mass is 300 g/mol. The number of carbonyl (C=O) groups is 1. The first kappa shape index (κ1) is 15.9. The van der Waals surface area contributed by atoms with E-state index in [0.717, 1.165) is 5.56 Å². The number of carbonyl (C=O) groups excluding carboxylic acids is 1. The number of ether oxygens (including phenoxy) is 3. The average molecular weight is 300 g/mol. The van der Waals surface area contributed by atoms with Crippen LogP contribution in [0.2, 0.25) is 0 Å². The summed E-state index contributed by atoms with van der Waals surface area (Å²) in [6, 6.07) is 13.1. The minimum atomic E-state index is -0.369. The van der Waals surface area contributed by atoms with Crippen LogP contribution in [0.25, 0.3) is 0 Å². The maximum absolute atomic E-state index is 11.7. The lowest BCUT2D eigenvalue weighted by atomic mass is 10.1. The number of aryl methyl sites for hydroxylation is 1. The largest absolute Gasteiger partial charge is 0.493 e. The summed E-state index contributed by atoms with van der Waals surface area (Å²) in [4.78, 5) is 11.7. The molecule has 4 nitrogen and oxygen atoms in total. The van der Waals surface area contributed by atoms with Crippen molar-refractivity contribution in [1.29, 1.82) is 0 Å². The molecule has 2 rings (SSSR count). The van der Waals surface area contributed by atoms with Crippen LogP contribution in [0.3, 0.4) is 0 Å². The fourth-order valence-electron chi connectivity index (χ4n) is 2.06. The Morgan fingerprint density at radius 2 is 1.86 bits per heavy atom. The van der Waals surface area contributed by atoms with Crippen molar-refractivity contribution in [2.75, 3.05) is 13.7 Å². The molecule has 0 atom stereocenters. The zero-order valence-electron chi connectivity index (χ0n) is 13.1. The summed E-state index contributed by atoms with van der Waals surface area (Å²) in [7, 11) is 1.55. The van der Waals surface area contributed by atoms with Gasteiger partial charge < -0.3 is 14.2 Å². The van der Waals surface area contributed by atoms with Gasteiger partial charge in [0.25, 0.3) is 0 Å². The fourth-order valence-corrected chi connectivity index (χ4v) is 2.06. The minimum absolute atomic E-state index is 0.340. The van der Waals surface area contributed by atoms with Crippen molar-refractivity contribution in [1.82, 2.24) is 0 Å². The van der Waals surface area contributed by atoms with E-state index in [-0.39, 0.29) is 5.97 Å². The van der Waals surface area contributed by atoms with Crippen LogP contribution in [0.15, 0.2) is 42.5 Å². The van der Waals surface area contributed by atoms with E-state index in [1.54, 1.807) is 32.2 Å². The molecule has 0 heterocycles. The van der Waals surface area contributed by atoms with Crippen molar-refractivity contribution in [3.05, 3.63) is 59.2 Å². The van der Waals surface area contributed by atoms with Gasteiger partial charge >= 0.3 is 5.97 Å². The predicted molar refractivity (Wildman–Crippen MR) is 84.5 cm³/mol. The van der Waals surface area contributed by atoms with E-state index >= 15 is 0 Å². The first-order chi connectivity index (χ1) is 10.7. The molecule has 0 spiro atoms. The normalized spacial score (nSPS) is 10.1. The lowest BCUT2D eigenvalue weighted by Gasteiger charge is -2.13. The topological polar surface area (TPSA) is 44.8 Å². The fraction of sp³-hybridized carbons (Fsp3) is 0.278. The van der Waals surface area contributed by atoms with Crippen molar-refractivity contribution in [3.63, 3.8) is 0 Å². The SMILES string of the molecule is CCOC(=O)c1ccc(OCc2ccccc2C)c(OC)c1. The number of rotatable bonds is 6. The number of esters is 1. The number of hydrogen-bond donors (Lipinski definition) is 0. The van der Waals surface area contributed by atoms with E-state index in [0.29, 0.717) is 30.3 Å². The van der Waals surface area contributed by atoms with Crippen LogP contribution in [0, 0.1) is 6.92 Å². The average Bonchev–Trinajstić information content (AvgIpc) is 2.54. The summed E-state index contributed by atoms with van der Waals surface area (Å²) in [5.41, 5.74) is 2.73. The Kier molecular flexibility index (Phi) is 5.42. The molecule has 4 heteroatoms. The number of hydrogen-bond acceptors (Lipinski definition) is 4. The summed E-state index contributed by atoms with van der Waals surface area (Å²) >= 11 is 0. The quantitative estimate of drug-likeness (QED) is 0.762. The molecular weight excluding hydrogens is 280 g/mol. The number of benzene rings is 2. The molecule has 0 amide bonds. The molecule has 0 saturated heterocycles. The van der Waals surface area contributed by atoms with Crippen molar-refractivity contribution < 1.29 is 19.0 Å². The first-order valence-corrected chi connectivity index (χ1v) is 7.18. The third kappa shape index (κ3) is 3.79. The Hall–Kier alpha value is -2.49. The van der Waals surface area contributed by atoms with Crippen molar-refractivity contribution in [2.24, 2.45) is 0 Å². The number of methoxy groups -OCH3 is 1. The van der Waals surface area contributed by atoms with Crippen molar-refractivity contribution in [3.8, 4) is 11.5 Å². The summed E-state index contributed by atoms with van der Waals surface area (Å²) in [5.74, 6) is 0.740. The molecule has 22 heavy (non-hydrogen) atoms. The van der Waals surface area contributed by atoms with Crippen LogP contribution in [0.5, 0.6) is 11.5 Å². The summed E-state index contributed by atoms with van der Waals surface area (Å²) in [5, 5.41) is 0. The van der Waals surface area contributed by atoms with Crippen LogP contribution in [-0.2, 0) is 11.3 Å². The molecule has 0 unspecified atom stereocenters. The second-order valence-electron chi connectivity index (χ2n) is 4.80. The zero-order valence-corrected chi connectivity index (χ0v) is 13.1. The van der Waals surface area contributed by atoms with Crippen LogP contribution < -0.4 is 9.47 Å². The van der Waals surface area contributed by atoms with E-state index < -0.39 is 0 Å². The molecule has 0 saturated carbocycles. The second-order valence-corrected chi connectivity index (χ2v) is 4.80. The Balaban J connectivity index is 2.14. The highest BCUT2D eigenvalue weighted by Gasteiger charge is 2.12. The third-order valence-corrected chi connectivity index (χ3v) is 3.32. The van der Waals surface area contributed by atoms with Crippen LogP contribution in [0.1, 0.15) is 28.4 Å². The molecule has 0 N–H and O–H groups in total. The van der Waals surface area contributed by atoms with Gasteiger partial charge in [-0.1, -0.05) is 24.3 Å². The molecule has 0 aliphatic heterocycles. The van der Waals surface area contributed by atoms with Gasteiger partial charge in [-0.2, -0.15) is 0 Å².